The van der Waals surface area contributed by atoms with E-state index in [1.807, 2.05) is 0 Å². The number of hydrogen-bond acceptors (Lipinski definition) is 5. The molecule has 0 bridgehead atoms. The van der Waals surface area contributed by atoms with Gasteiger partial charge < -0.3 is 5.32 Å². The molecule has 0 aliphatic heterocycles. The molecule has 37 heavy (non-hydrogen) atoms. The van der Waals surface area contributed by atoms with E-state index >= 15 is 0 Å². The van der Waals surface area contributed by atoms with Gasteiger partial charge in [0.05, 0.1) is 0 Å². The molecule has 7 nitrogen and oxygen atoms in total. The number of aliphatic imine (C=N–C) groups is 1. The Labute approximate surface area is 221 Å². The van der Waals surface area contributed by atoms with Crippen LogP contribution in [0.25, 0.3) is 0 Å². The Morgan fingerprint density at radius 3 is 2.43 bits per heavy atom. The molecular formula is C24H25Cl2F4N5O2. The number of amides is 1. The van der Waals surface area contributed by atoms with Crippen molar-refractivity contribution in [1.82, 2.24) is 10.2 Å². The van der Waals surface area contributed by atoms with Crippen molar-refractivity contribution in [3.63, 3.8) is 0 Å². The van der Waals surface area contributed by atoms with Crippen molar-refractivity contribution < 1.29 is 22.4 Å². The highest BCUT2D eigenvalue weighted by atomic mass is 35.5. The first-order valence-electron chi connectivity index (χ1n) is 11.4. The third-order valence-electron chi connectivity index (χ3n) is 6.03. The monoisotopic (exact) mass is 561 g/mol. The van der Waals surface area contributed by atoms with Gasteiger partial charge >= 0.3 is 6.18 Å². The van der Waals surface area contributed by atoms with E-state index in [0.717, 1.165) is 37.8 Å². The highest BCUT2D eigenvalue weighted by molar-refractivity contribution is 6.31. The van der Waals surface area contributed by atoms with Crippen molar-refractivity contribution >= 4 is 40.8 Å². The third kappa shape index (κ3) is 8.37. The summed E-state index contributed by atoms with van der Waals surface area (Å²) in [6.07, 6.45) is -3.56. The van der Waals surface area contributed by atoms with Gasteiger partial charge in [0, 0.05) is 33.8 Å². The van der Waals surface area contributed by atoms with Crippen molar-refractivity contribution in [3.05, 3.63) is 68.8 Å². The van der Waals surface area contributed by atoms with Crippen molar-refractivity contribution in [3.8, 4) is 0 Å². The minimum atomic E-state index is -4.88. The van der Waals surface area contributed by atoms with E-state index in [0.29, 0.717) is 5.02 Å². The number of guanidine groups is 1. The molecule has 0 aromatic heterocycles. The average molecular weight is 562 g/mol. The summed E-state index contributed by atoms with van der Waals surface area (Å²) in [5, 5.41) is 7.86. The maximum atomic E-state index is 13.9. The average Bonchev–Trinajstić information content (AvgIpc) is 3.34. The first-order valence-corrected chi connectivity index (χ1v) is 12.2. The number of carbonyl (C=O) groups is 1. The topological polar surface area (TPSA) is 86.2 Å². The Kier molecular flexibility index (Phi) is 9.86. The van der Waals surface area contributed by atoms with Crippen LogP contribution in [-0.2, 0) is 0 Å². The summed E-state index contributed by atoms with van der Waals surface area (Å²) in [7, 11) is 1.61. The van der Waals surface area contributed by atoms with Crippen LogP contribution in [0.5, 0.6) is 0 Å². The van der Waals surface area contributed by atoms with Gasteiger partial charge in [-0.05, 0) is 56.3 Å². The summed E-state index contributed by atoms with van der Waals surface area (Å²) in [5.41, 5.74) is 0.251. The molecule has 13 heteroatoms. The van der Waals surface area contributed by atoms with Crippen LogP contribution >= 0.6 is 23.2 Å². The minimum absolute atomic E-state index is 0.0462. The van der Waals surface area contributed by atoms with E-state index in [2.05, 4.69) is 20.8 Å². The lowest BCUT2D eigenvalue weighted by Crippen LogP contribution is -2.45. The second-order valence-electron chi connectivity index (χ2n) is 8.71. The lowest BCUT2D eigenvalue weighted by Gasteiger charge is -2.32. The molecule has 1 saturated carbocycles. The number of hydrogen-bond donors (Lipinski definition) is 2. The molecule has 1 aliphatic rings. The second-order valence-corrected chi connectivity index (χ2v) is 9.58. The van der Waals surface area contributed by atoms with Crippen LogP contribution in [0.3, 0.4) is 0 Å². The summed E-state index contributed by atoms with van der Waals surface area (Å²) < 4.78 is 54.3. The number of benzene rings is 2. The Morgan fingerprint density at radius 1 is 1.14 bits per heavy atom. The molecular weight excluding hydrogens is 537 g/mol. The van der Waals surface area contributed by atoms with Crippen molar-refractivity contribution in [2.75, 3.05) is 12.4 Å². The van der Waals surface area contributed by atoms with E-state index in [9.17, 15) is 27.3 Å². The second kappa shape index (κ2) is 12.7. The maximum absolute atomic E-state index is 13.9. The van der Waals surface area contributed by atoms with Crippen molar-refractivity contribution in [2.24, 2.45) is 10.2 Å². The number of alkyl halides is 3. The van der Waals surface area contributed by atoms with Crippen molar-refractivity contribution in [1.29, 1.82) is 0 Å². The predicted molar refractivity (Wildman–Crippen MR) is 135 cm³/mol. The van der Waals surface area contributed by atoms with Gasteiger partial charge in [0.15, 0.2) is 6.04 Å². The lowest BCUT2D eigenvalue weighted by molar-refractivity contribution is -0.151. The number of rotatable bonds is 8. The van der Waals surface area contributed by atoms with Crippen LogP contribution in [-0.4, -0.2) is 48.2 Å². The largest absolute Gasteiger partial charge is 0.414 e. The zero-order valence-corrected chi connectivity index (χ0v) is 21.2. The Morgan fingerprint density at radius 2 is 1.84 bits per heavy atom. The van der Waals surface area contributed by atoms with Crippen LogP contribution in [0.4, 0.5) is 23.2 Å². The van der Waals surface area contributed by atoms with Crippen LogP contribution in [0.15, 0.2) is 52.6 Å². The smallest absolute Gasteiger partial charge is 0.326 e. The fourth-order valence-electron chi connectivity index (χ4n) is 4.12. The molecule has 0 heterocycles. The number of nitroso groups, excluding NO2 is 1. The van der Waals surface area contributed by atoms with Gasteiger partial charge in [-0.2, -0.15) is 18.1 Å². The zero-order chi connectivity index (χ0) is 27.2. The molecule has 2 N–H and O–H groups in total. The quantitative estimate of drug-likeness (QED) is 0.164. The van der Waals surface area contributed by atoms with Gasteiger partial charge in [0.25, 0.3) is 5.91 Å². The molecule has 1 fully saturated rings. The number of nitrogens with zero attached hydrogens (tertiary/aromatic N) is 3. The Hall–Kier alpha value is -2.76. The molecule has 0 spiro atoms. The van der Waals surface area contributed by atoms with Crippen LogP contribution < -0.4 is 10.6 Å². The normalized spacial score (nSPS) is 16.5. The molecule has 2 aromatic rings. The minimum Gasteiger partial charge on any atom is -0.326 e. The van der Waals surface area contributed by atoms with E-state index in [-0.39, 0.29) is 28.3 Å². The van der Waals surface area contributed by atoms with Gasteiger partial charge in [-0.1, -0.05) is 47.3 Å². The fourth-order valence-corrected chi connectivity index (χ4v) is 4.53. The first-order chi connectivity index (χ1) is 17.5. The predicted octanol–water partition coefficient (Wildman–Crippen LogP) is 6.62. The Bertz CT molecular complexity index is 1120. The summed E-state index contributed by atoms with van der Waals surface area (Å²) in [4.78, 5) is 30.0. The fraction of sp³-hybridized carbons (Fsp3) is 0.417. The van der Waals surface area contributed by atoms with Gasteiger partial charge in [0.2, 0.25) is 5.96 Å². The number of nitrogens with one attached hydrogen (secondary N) is 2. The molecule has 3 rings (SSSR count). The first kappa shape index (κ1) is 28.8. The summed E-state index contributed by atoms with van der Waals surface area (Å²) in [6.45, 7) is 0. The number of carbonyl (C=O) groups excluding carboxylic acids is 1. The molecule has 2 unspecified atom stereocenters. The molecule has 200 valence electrons. The molecule has 0 saturated heterocycles. The standard InChI is InChI=1S/C24H25Cl2F4N5O2/c1-35(19-7-2-3-8-19)21(13-20(34-37)24(28,29)30)32-23(31-18-11-16(26)10-17(27)12-18)33-22(36)14-5-4-6-15(25)9-14/h4-6,9-12,19-21H,2-3,7-8,13H2,1H3,(H2,31,32,33,36). The molecule has 2 atom stereocenters. The third-order valence-corrected chi connectivity index (χ3v) is 6.49. The number of anilines is 1. The van der Waals surface area contributed by atoms with E-state index < -0.39 is 36.5 Å². The van der Waals surface area contributed by atoms with Gasteiger partial charge in [-0.25, -0.2) is 9.38 Å². The van der Waals surface area contributed by atoms with Gasteiger partial charge in [0.1, 0.15) is 12.0 Å². The molecule has 0 radical (unpaired) electrons. The van der Waals surface area contributed by atoms with Crippen LogP contribution in [0, 0.1) is 10.7 Å². The highest BCUT2D eigenvalue weighted by Gasteiger charge is 2.44. The highest BCUT2D eigenvalue weighted by Crippen LogP contribution is 2.31. The molecule has 2 aromatic carbocycles. The van der Waals surface area contributed by atoms with Crippen LogP contribution in [0.2, 0.25) is 10.0 Å². The molecule has 1 amide bonds. The van der Waals surface area contributed by atoms with Crippen LogP contribution in [0.1, 0.15) is 42.5 Å². The number of halogens is 6. The van der Waals surface area contributed by atoms with Gasteiger partial charge in [-0.3, -0.25) is 15.0 Å². The summed E-state index contributed by atoms with van der Waals surface area (Å²) in [5.74, 6) is -1.62. The SMILES string of the molecule is CN(C1CCCC1)C(CC(N=O)C(F)(F)F)N=C(NC(=O)c1cccc(Cl)c1)Nc1cc(F)cc(Cl)c1. The zero-order valence-electron chi connectivity index (χ0n) is 19.7. The Balaban J connectivity index is 2.00. The van der Waals surface area contributed by atoms with E-state index in [1.54, 1.807) is 24.1 Å². The summed E-state index contributed by atoms with van der Waals surface area (Å²) >= 11 is 11.9. The lowest BCUT2D eigenvalue weighted by atomic mass is 10.1. The van der Waals surface area contributed by atoms with Gasteiger partial charge in [-0.15, -0.1) is 0 Å². The van der Waals surface area contributed by atoms with Crippen molar-refractivity contribution in [2.45, 2.75) is 56.5 Å². The van der Waals surface area contributed by atoms with E-state index in [1.165, 1.54) is 18.2 Å². The summed E-state index contributed by atoms with van der Waals surface area (Å²) in [6, 6.07) is 6.89. The maximum Gasteiger partial charge on any atom is 0.414 e. The van der Waals surface area contributed by atoms with E-state index in [4.69, 9.17) is 23.2 Å². The molecule has 1 aliphatic carbocycles.